The molecule has 2 aromatic rings. The van der Waals surface area contributed by atoms with Crippen LogP contribution in [-0.4, -0.2) is 0 Å². The van der Waals surface area contributed by atoms with Crippen LogP contribution in [0.5, 0.6) is 0 Å². The monoisotopic (exact) mass is 209 g/mol. The fourth-order valence-corrected chi connectivity index (χ4v) is 2.67. The second-order valence-corrected chi connectivity index (χ2v) is 4.42. The quantitative estimate of drug-likeness (QED) is 0.522. The molecule has 1 nitrogen and oxygen atoms in total. The number of aryl methyl sites for hydroxylation is 1. The van der Waals surface area contributed by atoms with Crippen molar-refractivity contribution >= 4 is 16.5 Å². The normalized spacial score (nSPS) is 14.1. The lowest BCUT2D eigenvalue weighted by atomic mass is 9.87. The Balaban J connectivity index is 2.46. The largest absolute Gasteiger partial charge is 0.398 e. The third kappa shape index (κ3) is 1.18. The predicted molar refractivity (Wildman–Crippen MR) is 69.6 cm³/mol. The second kappa shape index (κ2) is 3.38. The highest BCUT2D eigenvalue weighted by Crippen LogP contribution is 2.34. The Kier molecular flexibility index (Phi) is 2.00. The van der Waals surface area contributed by atoms with Gasteiger partial charge in [-0.05, 0) is 41.8 Å². The van der Waals surface area contributed by atoms with Crippen molar-refractivity contribution < 1.29 is 0 Å². The summed E-state index contributed by atoms with van der Waals surface area (Å²) in [5, 5.41) is 2.50. The van der Waals surface area contributed by atoms with E-state index in [0.717, 1.165) is 18.5 Å². The van der Waals surface area contributed by atoms with Crippen LogP contribution in [0.25, 0.3) is 10.8 Å². The first-order valence-corrected chi connectivity index (χ1v) is 5.72. The number of allylic oxidation sites excluding steroid dienone is 2. The van der Waals surface area contributed by atoms with Crippen molar-refractivity contribution in [2.45, 2.75) is 19.8 Å². The molecule has 0 atom stereocenters. The summed E-state index contributed by atoms with van der Waals surface area (Å²) in [5.41, 5.74) is 11.4. The molecule has 0 unspecified atom stereocenters. The number of anilines is 1. The van der Waals surface area contributed by atoms with E-state index in [4.69, 9.17) is 5.73 Å². The molecule has 2 N–H and O–H groups in total. The van der Waals surface area contributed by atoms with Gasteiger partial charge in [0.2, 0.25) is 0 Å². The van der Waals surface area contributed by atoms with E-state index in [-0.39, 0.29) is 0 Å². The molecule has 0 saturated heterocycles. The first kappa shape index (κ1) is 9.46. The van der Waals surface area contributed by atoms with E-state index in [1.54, 1.807) is 0 Å². The molecule has 1 aliphatic carbocycles. The summed E-state index contributed by atoms with van der Waals surface area (Å²) in [7, 11) is 0. The van der Waals surface area contributed by atoms with Crippen LogP contribution in [0.4, 0.5) is 5.69 Å². The van der Waals surface area contributed by atoms with Gasteiger partial charge >= 0.3 is 0 Å². The first-order valence-electron chi connectivity index (χ1n) is 5.72. The van der Waals surface area contributed by atoms with Gasteiger partial charge in [0.15, 0.2) is 0 Å². The van der Waals surface area contributed by atoms with Crippen molar-refractivity contribution in [3.8, 4) is 0 Å². The maximum atomic E-state index is 6.27. The van der Waals surface area contributed by atoms with E-state index in [1.165, 1.54) is 27.5 Å². The molecule has 80 valence electrons. The van der Waals surface area contributed by atoms with Crippen molar-refractivity contribution in [1.29, 1.82) is 0 Å². The minimum absolute atomic E-state index is 0.973. The molecule has 0 aromatic heterocycles. The average molecular weight is 209 g/mol. The van der Waals surface area contributed by atoms with E-state index in [1.807, 2.05) is 0 Å². The van der Waals surface area contributed by atoms with Crippen molar-refractivity contribution in [3.63, 3.8) is 0 Å². The van der Waals surface area contributed by atoms with Crippen LogP contribution in [0.1, 0.15) is 16.7 Å². The molecule has 0 saturated carbocycles. The van der Waals surface area contributed by atoms with E-state index < -0.39 is 0 Å². The number of benzene rings is 2. The van der Waals surface area contributed by atoms with Gasteiger partial charge < -0.3 is 5.73 Å². The summed E-state index contributed by atoms with van der Waals surface area (Å²) >= 11 is 0. The Hall–Kier alpha value is -1.76. The third-order valence-electron chi connectivity index (χ3n) is 3.57. The Morgan fingerprint density at radius 1 is 0.938 bits per heavy atom. The number of hydrogen-bond donors (Lipinski definition) is 1. The van der Waals surface area contributed by atoms with Crippen molar-refractivity contribution in [1.82, 2.24) is 0 Å². The Bertz CT molecular complexity index is 541. The highest BCUT2D eigenvalue weighted by atomic mass is 14.6. The summed E-state index contributed by atoms with van der Waals surface area (Å²) in [6.45, 7) is 2.21. The fourth-order valence-electron chi connectivity index (χ4n) is 2.67. The zero-order valence-electron chi connectivity index (χ0n) is 9.46. The molecule has 0 radical (unpaired) electrons. The van der Waals surface area contributed by atoms with Gasteiger partial charge in [-0.3, -0.25) is 0 Å². The predicted octanol–water partition coefficient (Wildman–Crippen LogP) is 3.39. The maximum Gasteiger partial charge on any atom is 0.0432 e. The van der Waals surface area contributed by atoms with Gasteiger partial charge in [0.1, 0.15) is 0 Å². The van der Waals surface area contributed by atoms with Gasteiger partial charge in [-0.1, -0.05) is 36.4 Å². The van der Waals surface area contributed by atoms with Gasteiger partial charge in [-0.25, -0.2) is 0 Å². The van der Waals surface area contributed by atoms with Crippen molar-refractivity contribution in [2.75, 3.05) is 5.73 Å². The Morgan fingerprint density at radius 3 is 2.31 bits per heavy atom. The van der Waals surface area contributed by atoms with Crippen molar-refractivity contribution in [2.24, 2.45) is 0 Å². The van der Waals surface area contributed by atoms with E-state index in [0.29, 0.717) is 0 Å². The topological polar surface area (TPSA) is 26.0 Å². The zero-order chi connectivity index (χ0) is 11.1. The number of nitrogens with two attached hydrogens (primary N) is 1. The lowest BCUT2D eigenvalue weighted by molar-refractivity contribution is 1.08. The molecule has 3 rings (SSSR count). The maximum absolute atomic E-state index is 6.27. The number of hydrogen-bond acceptors (Lipinski definition) is 1. The van der Waals surface area contributed by atoms with Crippen LogP contribution in [0, 0.1) is 6.92 Å². The molecule has 0 bridgehead atoms. The molecule has 0 fully saturated rings. The lowest BCUT2D eigenvalue weighted by Crippen LogP contribution is -2.06. The molecular weight excluding hydrogens is 194 g/mol. The van der Waals surface area contributed by atoms with Crippen LogP contribution in [-0.2, 0) is 12.8 Å². The summed E-state index contributed by atoms with van der Waals surface area (Å²) in [6.07, 6.45) is 6.46. The van der Waals surface area contributed by atoms with E-state index >= 15 is 0 Å². The smallest absolute Gasteiger partial charge is 0.0432 e. The van der Waals surface area contributed by atoms with Crippen LogP contribution >= 0.6 is 0 Å². The molecule has 0 amide bonds. The number of nitrogen functional groups attached to an aromatic ring is 1. The summed E-state index contributed by atoms with van der Waals surface area (Å²) in [5.74, 6) is 0. The molecule has 2 aromatic carbocycles. The van der Waals surface area contributed by atoms with Gasteiger partial charge in [-0.2, -0.15) is 0 Å². The molecule has 16 heavy (non-hydrogen) atoms. The zero-order valence-corrected chi connectivity index (χ0v) is 9.46. The van der Waals surface area contributed by atoms with Crippen LogP contribution in [0.15, 0.2) is 36.4 Å². The average Bonchev–Trinajstić information content (AvgIpc) is 2.36. The molecule has 1 heteroatoms. The SMILES string of the molecule is Cc1c2c(c(N)c3ccccc13)CC=CC2. The number of rotatable bonds is 0. The summed E-state index contributed by atoms with van der Waals surface area (Å²) < 4.78 is 0. The molecule has 0 aliphatic heterocycles. The molecule has 0 heterocycles. The molecule has 1 aliphatic rings. The number of fused-ring (bicyclic) bond motifs is 2. The van der Waals surface area contributed by atoms with Gasteiger partial charge in [-0.15, -0.1) is 0 Å². The second-order valence-electron chi connectivity index (χ2n) is 4.42. The fraction of sp³-hybridized carbons (Fsp3) is 0.200. The van der Waals surface area contributed by atoms with Crippen molar-refractivity contribution in [3.05, 3.63) is 53.1 Å². The summed E-state index contributed by atoms with van der Waals surface area (Å²) in [4.78, 5) is 0. The lowest BCUT2D eigenvalue weighted by Gasteiger charge is -2.19. The van der Waals surface area contributed by atoms with Crippen LogP contribution in [0.2, 0.25) is 0 Å². The highest BCUT2D eigenvalue weighted by Gasteiger charge is 2.15. The Morgan fingerprint density at radius 2 is 1.56 bits per heavy atom. The highest BCUT2D eigenvalue weighted by molar-refractivity contribution is 5.98. The van der Waals surface area contributed by atoms with E-state index in [2.05, 4.69) is 43.3 Å². The van der Waals surface area contributed by atoms with E-state index in [9.17, 15) is 0 Å². The third-order valence-corrected chi connectivity index (χ3v) is 3.57. The molecular formula is C15H15N. The summed E-state index contributed by atoms with van der Waals surface area (Å²) in [6, 6.07) is 8.43. The van der Waals surface area contributed by atoms with Gasteiger partial charge in [0, 0.05) is 11.1 Å². The van der Waals surface area contributed by atoms with Crippen LogP contribution < -0.4 is 5.73 Å². The van der Waals surface area contributed by atoms with Gasteiger partial charge in [0.25, 0.3) is 0 Å². The minimum atomic E-state index is 0.973. The first-order chi connectivity index (χ1) is 7.79. The molecule has 0 spiro atoms. The minimum Gasteiger partial charge on any atom is -0.398 e. The standard InChI is InChI=1S/C15H15N/c1-10-11-6-2-4-8-13(11)15(16)14-9-5-3-7-12(10)14/h2-6,8H,7,9,16H2,1H3. The Labute approximate surface area is 95.6 Å². The van der Waals surface area contributed by atoms with Gasteiger partial charge in [0.05, 0.1) is 0 Å². The van der Waals surface area contributed by atoms with Crippen LogP contribution in [0.3, 0.4) is 0 Å².